The lowest BCUT2D eigenvalue weighted by atomic mass is 9.97. The van der Waals surface area contributed by atoms with E-state index in [0.29, 0.717) is 31.5 Å². The average molecular weight is 361 g/mol. The third-order valence-corrected chi connectivity index (χ3v) is 5.46. The van der Waals surface area contributed by atoms with Crippen molar-refractivity contribution in [2.75, 3.05) is 64.1 Å². The van der Waals surface area contributed by atoms with E-state index in [-0.39, 0.29) is 12.5 Å². The minimum Gasteiger partial charge on any atom is -0.381 e. The number of anilines is 1. The van der Waals surface area contributed by atoms with Crippen molar-refractivity contribution < 1.29 is 19.0 Å². The van der Waals surface area contributed by atoms with Crippen LogP contribution in [0.4, 0.5) is 5.82 Å². The fraction of sp³-hybridized carbons (Fsp3) is 0.684. The van der Waals surface area contributed by atoms with Gasteiger partial charge in [-0.05, 0) is 30.9 Å². The monoisotopic (exact) mass is 361 g/mol. The molecule has 26 heavy (non-hydrogen) atoms. The number of pyridine rings is 1. The van der Waals surface area contributed by atoms with E-state index in [2.05, 4.69) is 9.88 Å². The van der Waals surface area contributed by atoms with Crippen molar-refractivity contribution in [3.8, 4) is 0 Å². The second kappa shape index (κ2) is 8.00. The summed E-state index contributed by atoms with van der Waals surface area (Å²) in [5.41, 5.74) is -0.493. The lowest BCUT2D eigenvalue weighted by Gasteiger charge is -2.43. The smallest absolute Gasteiger partial charge is 0.254 e. The van der Waals surface area contributed by atoms with Gasteiger partial charge < -0.3 is 14.2 Å². The molecule has 1 spiro atoms. The van der Waals surface area contributed by atoms with E-state index in [1.165, 1.54) is 0 Å². The highest BCUT2D eigenvalue weighted by Gasteiger charge is 2.43. The first-order valence-corrected chi connectivity index (χ1v) is 9.47. The third kappa shape index (κ3) is 4.06. The van der Waals surface area contributed by atoms with Crippen molar-refractivity contribution in [1.29, 1.82) is 0 Å². The molecule has 1 aromatic heterocycles. The largest absolute Gasteiger partial charge is 0.381 e. The van der Waals surface area contributed by atoms with Crippen molar-refractivity contribution in [2.24, 2.45) is 5.92 Å². The van der Waals surface area contributed by atoms with Gasteiger partial charge in [-0.3, -0.25) is 14.6 Å². The Balaban J connectivity index is 1.47. The summed E-state index contributed by atoms with van der Waals surface area (Å²) in [7, 11) is 0. The molecule has 0 aromatic carbocycles. The molecule has 7 heteroatoms. The Kier molecular flexibility index (Phi) is 5.49. The van der Waals surface area contributed by atoms with E-state index in [1.54, 1.807) is 11.1 Å². The van der Waals surface area contributed by atoms with Crippen molar-refractivity contribution >= 4 is 11.7 Å². The van der Waals surface area contributed by atoms with Gasteiger partial charge in [-0.25, -0.2) is 4.98 Å². The zero-order valence-corrected chi connectivity index (χ0v) is 15.1. The van der Waals surface area contributed by atoms with E-state index in [0.717, 1.165) is 45.7 Å². The Bertz CT molecular complexity index is 608. The van der Waals surface area contributed by atoms with E-state index in [1.807, 2.05) is 18.2 Å². The van der Waals surface area contributed by atoms with Crippen LogP contribution in [0.5, 0.6) is 0 Å². The first-order chi connectivity index (χ1) is 12.7. The minimum absolute atomic E-state index is 0.0467. The Morgan fingerprint density at radius 1 is 1.15 bits per heavy atom. The maximum atomic E-state index is 12.4. The Morgan fingerprint density at radius 3 is 2.85 bits per heavy atom. The molecule has 142 valence electrons. The van der Waals surface area contributed by atoms with Crippen molar-refractivity contribution in [1.82, 2.24) is 9.88 Å². The van der Waals surface area contributed by atoms with Crippen molar-refractivity contribution in [3.63, 3.8) is 0 Å². The van der Waals surface area contributed by atoms with Crippen LogP contribution in [0.15, 0.2) is 24.4 Å². The summed E-state index contributed by atoms with van der Waals surface area (Å²) >= 11 is 0. The number of amides is 1. The molecular weight excluding hydrogens is 334 g/mol. The summed E-state index contributed by atoms with van der Waals surface area (Å²) < 4.78 is 17.4. The summed E-state index contributed by atoms with van der Waals surface area (Å²) in [6.07, 6.45) is 3.94. The van der Waals surface area contributed by atoms with E-state index < -0.39 is 5.60 Å². The number of carbonyl (C=O) groups is 1. The predicted octanol–water partition coefficient (Wildman–Crippen LogP) is 0.942. The van der Waals surface area contributed by atoms with Gasteiger partial charge in [0.25, 0.3) is 5.91 Å². The molecule has 0 saturated carbocycles. The van der Waals surface area contributed by atoms with Crippen LogP contribution in [-0.4, -0.2) is 80.6 Å². The van der Waals surface area contributed by atoms with E-state index in [4.69, 9.17) is 14.2 Å². The number of carbonyl (C=O) groups excluding carboxylic acids is 1. The van der Waals surface area contributed by atoms with Crippen LogP contribution in [0.3, 0.4) is 0 Å². The maximum absolute atomic E-state index is 12.4. The molecule has 1 aromatic rings. The molecule has 3 saturated heterocycles. The molecule has 4 rings (SSSR count). The van der Waals surface area contributed by atoms with Crippen LogP contribution in [0.2, 0.25) is 0 Å². The molecule has 4 heterocycles. The van der Waals surface area contributed by atoms with Gasteiger partial charge in [0.05, 0.1) is 19.8 Å². The van der Waals surface area contributed by atoms with E-state index >= 15 is 0 Å². The molecule has 1 amide bonds. The fourth-order valence-corrected chi connectivity index (χ4v) is 4.05. The number of ether oxygens (including phenoxy) is 3. The standard InChI is InChI=1S/C19H27N3O4/c23-18-12-26-19(14-22(18)17-3-1-2-6-20-17)13-21(7-10-25-15-19)11-16-4-8-24-9-5-16/h1-3,6,16H,4-5,7-15H2. The molecule has 3 aliphatic rings. The molecule has 0 radical (unpaired) electrons. The van der Waals surface area contributed by atoms with Gasteiger partial charge in [-0.1, -0.05) is 6.07 Å². The summed E-state index contributed by atoms with van der Waals surface area (Å²) in [5, 5.41) is 0. The normalized spacial score (nSPS) is 29.1. The van der Waals surface area contributed by atoms with Crippen LogP contribution in [0.1, 0.15) is 12.8 Å². The molecule has 3 aliphatic heterocycles. The summed E-state index contributed by atoms with van der Waals surface area (Å²) in [5.74, 6) is 1.30. The molecule has 1 unspecified atom stereocenters. The highest BCUT2D eigenvalue weighted by Crippen LogP contribution is 2.27. The highest BCUT2D eigenvalue weighted by atomic mass is 16.6. The number of hydrogen-bond acceptors (Lipinski definition) is 6. The lowest BCUT2D eigenvalue weighted by Crippen LogP contribution is -2.61. The number of rotatable bonds is 3. The zero-order chi connectivity index (χ0) is 17.8. The van der Waals surface area contributed by atoms with Gasteiger partial charge >= 0.3 is 0 Å². The predicted molar refractivity (Wildman–Crippen MR) is 96.1 cm³/mol. The molecule has 1 atom stereocenters. The molecule has 0 aliphatic carbocycles. The number of aromatic nitrogens is 1. The third-order valence-electron chi connectivity index (χ3n) is 5.46. The van der Waals surface area contributed by atoms with Gasteiger partial charge in [0.2, 0.25) is 0 Å². The Morgan fingerprint density at radius 2 is 2.04 bits per heavy atom. The summed E-state index contributed by atoms with van der Waals surface area (Å²) in [6, 6.07) is 5.63. The van der Waals surface area contributed by atoms with Crippen LogP contribution >= 0.6 is 0 Å². The van der Waals surface area contributed by atoms with Crippen LogP contribution in [-0.2, 0) is 19.0 Å². The Hall–Kier alpha value is -1.54. The molecule has 0 bridgehead atoms. The second-order valence-corrected chi connectivity index (χ2v) is 7.48. The van der Waals surface area contributed by atoms with Gasteiger partial charge in [0.15, 0.2) is 0 Å². The van der Waals surface area contributed by atoms with E-state index in [9.17, 15) is 4.79 Å². The molecule has 3 fully saturated rings. The molecule has 0 N–H and O–H groups in total. The van der Waals surface area contributed by atoms with Gasteiger partial charge in [-0.15, -0.1) is 0 Å². The number of hydrogen-bond donors (Lipinski definition) is 0. The lowest BCUT2D eigenvalue weighted by molar-refractivity contribution is -0.146. The van der Waals surface area contributed by atoms with Crippen molar-refractivity contribution in [3.05, 3.63) is 24.4 Å². The summed E-state index contributed by atoms with van der Waals surface area (Å²) in [6.45, 7) is 6.20. The first-order valence-electron chi connectivity index (χ1n) is 9.47. The SMILES string of the molecule is O=C1COC2(COCCN(CC3CCOCC3)C2)CN1c1ccccn1. The van der Waals surface area contributed by atoms with Crippen LogP contribution < -0.4 is 4.90 Å². The molecular formula is C19H27N3O4. The van der Waals surface area contributed by atoms with Gasteiger partial charge in [0, 0.05) is 39.0 Å². The second-order valence-electron chi connectivity index (χ2n) is 7.48. The average Bonchev–Trinajstić information content (AvgIpc) is 2.88. The minimum atomic E-state index is -0.493. The Labute approximate surface area is 154 Å². The zero-order valence-electron chi connectivity index (χ0n) is 15.1. The van der Waals surface area contributed by atoms with Crippen LogP contribution in [0, 0.1) is 5.92 Å². The van der Waals surface area contributed by atoms with Gasteiger partial charge in [0.1, 0.15) is 18.0 Å². The van der Waals surface area contributed by atoms with Gasteiger partial charge in [-0.2, -0.15) is 0 Å². The number of nitrogens with zero attached hydrogens (tertiary/aromatic N) is 3. The first kappa shape index (κ1) is 17.9. The summed E-state index contributed by atoms with van der Waals surface area (Å²) in [4.78, 5) is 20.9. The highest BCUT2D eigenvalue weighted by molar-refractivity contribution is 5.94. The fourth-order valence-electron chi connectivity index (χ4n) is 4.05. The topological polar surface area (TPSA) is 64.1 Å². The van der Waals surface area contributed by atoms with Crippen LogP contribution in [0.25, 0.3) is 0 Å². The number of morpholine rings is 1. The van der Waals surface area contributed by atoms with Crippen molar-refractivity contribution in [2.45, 2.75) is 18.4 Å². The maximum Gasteiger partial charge on any atom is 0.254 e. The molecule has 7 nitrogen and oxygen atoms in total. The quantitative estimate of drug-likeness (QED) is 0.799.